The molecular weight excluding hydrogens is 376 g/mol. The zero-order valence-electron chi connectivity index (χ0n) is 17.9. The monoisotopic (exact) mass is 404 g/mol. The summed E-state index contributed by atoms with van der Waals surface area (Å²) in [7, 11) is 2.08. The summed E-state index contributed by atoms with van der Waals surface area (Å²) < 4.78 is 7.83. The van der Waals surface area contributed by atoms with Crippen LogP contribution in [0.3, 0.4) is 0 Å². The number of hydrogen-bond acceptors (Lipinski definition) is 6. The third kappa shape index (κ3) is 3.35. The van der Waals surface area contributed by atoms with Gasteiger partial charge < -0.3 is 25.3 Å². The van der Waals surface area contributed by atoms with Crippen LogP contribution in [0.2, 0.25) is 0 Å². The Labute approximate surface area is 176 Å². The Hall–Kier alpha value is -3.19. The first-order valence-corrected chi connectivity index (χ1v) is 10.2. The highest BCUT2D eigenvalue weighted by atomic mass is 16.5. The maximum Gasteiger partial charge on any atom is 0.130 e. The molecule has 4 rings (SSSR count). The molecule has 7 heteroatoms. The summed E-state index contributed by atoms with van der Waals surface area (Å²) in [6, 6.07) is 6.61. The minimum Gasteiger partial charge on any atom is -0.397 e. The summed E-state index contributed by atoms with van der Waals surface area (Å²) in [5.74, 6) is 0.895. The van der Waals surface area contributed by atoms with Crippen LogP contribution in [0.5, 0.6) is 0 Å². The second-order valence-corrected chi connectivity index (χ2v) is 7.83. The third-order valence-corrected chi connectivity index (χ3v) is 5.98. The van der Waals surface area contributed by atoms with E-state index < -0.39 is 0 Å². The normalized spacial score (nSPS) is 17.5. The number of nitrogens with two attached hydrogens (primary N) is 1. The standard InChI is InChI=1S/C23H28N6O/c1-14-11-18(16(3)28(14)4)19-12-21(29-9-10-30-13-15(29)2)27-22-17(19)6-8-26-23(22)20(25)5-7-24/h5-8,11-12,15,24H,9-10,13,25H2,1-4H3/b20-5-,24-7?/t15-/m1/s1. The van der Waals surface area contributed by atoms with Gasteiger partial charge in [-0.05, 0) is 50.6 Å². The van der Waals surface area contributed by atoms with Crippen molar-refractivity contribution in [2.75, 3.05) is 24.7 Å². The number of nitrogens with one attached hydrogen (secondary N) is 1. The molecule has 0 aromatic carbocycles. The van der Waals surface area contributed by atoms with E-state index in [-0.39, 0.29) is 6.04 Å². The SMILES string of the molecule is Cc1cc(-c2cc(N3CCOC[C@H]3C)nc3c(/C(N)=C/C=N)nccc23)c(C)n1C. The van der Waals surface area contributed by atoms with Gasteiger partial charge in [-0.15, -0.1) is 0 Å². The molecule has 1 aliphatic heterocycles. The van der Waals surface area contributed by atoms with Crippen molar-refractivity contribution in [3.8, 4) is 11.1 Å². The minimum absolute atomic E-state index is 0.227. The highest BCUT2D eigenvalue weighted by Gasteiger charge is 2.23. The molecule has 1 saturated heterocycles. The number of anilines is 1. The number of fused-ring (bicyclic) bond motifs is 1. The van der Waals surface area contributed by atoms with Crippen LogP contribution in [0, 0.1) is 19.3 Å². The zero-order chi connectivity index (χ0) is 21.4. The van der Waals surface area contributed by atoms with Crippen LogP contribution in [-0.4, -0.2) is 46.6 Å². The largest absolute Gasteiger partial charge is 0.397 e. The van der Waals surface area contributed by atoms with Crippen LogP contribution in [-0.2, 0) is 11.8 Å². The van der Waals surface area contributed by atoms with Gasteiger partial charge in [0.05, 0.1) is 25.0 Å². The fourth-order valence-electron chi connectivity index (χ4n) is 4.08. The summed E-state index contributed by atoms with van der Waals surface area (Å²) in [5, 5.41) is 8.40. The Morgan fingerprint density at radius 3 is 2.77 bits per heavy atom. The van der Waals surface area contributed by atoms with Crippen LogP contribution in [0.25, 0.3) is 27.7 Å². The molecule has 0 aliphatic carbocycles. The lowest BCUT2D eigenvalue weighted by molar-refractivity contribution is 0.0986. The van der Waals surface area contributed by atoms with E-state index in [4.69, 9.17) is 20.9 Å². The smallest absolute Gasteiger partial charge is 0.130 e. The number of ether oxygens (including phenoxy) is 1. The van der Waals surface area contributed by atoms with Crippen LogP contribution in [0.4, 0.5) is 5.82 Å². The van der Waals surface area contributed by atoms with Gasteiger partial charge in [0.1, 0.15) is 17.0 Å². The first-order valence-electron chi connectivity index (χ1n) is 10.2. The van der Waals surface area contributed by atoms with Gasteiger partial charge in [-0.3, -0.25) is 4.98 Å². The molecule has 30 heavy (non-hydrogen) atoms. The Bertz CT molecular complexity index is 1150. The average Bonchev–Trinajstić information content (AvgIpc) is 3.00. The fraction of sp³-hybridized carbons (Fsp3) is 0.348. The van der Waals surface area contributed by atoms with E-state index in [9.17, 15) is 0 Å². The number of hydrogen-bond donors (Lipinski definition) is 2. The van der Waals surface area contributed by atoms with E-state index in [1.54, 1.807) is 12.3 Å². The van der Waals surface area contributed by atoms with Crippen molar-refractivity contribution in [1.82, 2.24) is 14.5 Å². The summed E-state index contributed by atoms with van der Waals surface area (Å²) >= 11 is 0. The lowest BCUT2D eigenvalue weighted by atomic mass is 10.00. The number of morpholine rings is 1. The molecule has 0 unspecified atom stereocenters. The molecule has 3 N–H and O–H groups in total. The number of allylic oxidation sites excluding steroid dienone is 1. The van der Waals surface area contributed by atoms with Crippen molar-refractivity contribution in [3.05, 3.63) is 47.6 Å². The fourth-order valence-corrected chi connectivity index (χ4v) is 4.08. The number of nitrogens with zero attached hydrogens (tertiary/aromatic N) is 4. The highest BCUT2D eigenvalue weighted by Crippen LogP contribution is 2.36. The van der Waals surface area contributed by atoms with Crippen molar-refractivity contribution < 1.29 is 4.74 Å². The topological polar surface area (TPSA) is 93.0 Å². The lowest BCUT2D eigenvalue weighted by Gasteiger charge is -2.34. The van der Waals surface area contributed by atoms with Gasteiger partial charge in [0.2, 0.25) is 0 Å². The molecule has 1 atom stereocenters. The summed E-state index contributed by atoms with van der Waals surface area (Å²) in [6.45, 7) is 8.54. The molecule has 0 radical (unpaired) electrons. The predicted molar refractivity (Wildman–Crippen MR) is 122 cm³/mol. The molecule has 1 aliphatic rings. The molecule has 3 aromatic rings. The molecule has 156 valence electrons. The molecule has 4 heterocycles. The quantitative estimate of drug-likeness (QED) is 0.650. The van der Waals surface area contributed by atoms with Crippen LogP contribution in [0.1, 0.15) is 24.0 Å². The van der Waals surface area contributed by atoms with E-state index >= 15 is 0 Å². The number of pyridine rings is 2. The molecule has 0 saturated carbocycles. The second kappa shape index (κ2) is 7.91. The summed E-state index contributed by atoms with van der Waals surface area (Å²) in [6.07, 6.45) is 4.48. The van der Waals surface area contributed by atoms with Gasteiger partial charge in [-0.1, -0.05) is 0 Å². The maximum absolute atomic E-state index is 7.40. The van der Waals surface area contributed by atoms with E-state index in [2.05, 4.69) is 54.4 Å². The first kappa shape index (κ1) is 20.1. The highest BCUT2D eigenvalue weighted by molar-refractivity contribution is 6.01. The molecule has 1 fully saturated rings. The van der Waals surface area contributed by atoms with Crippen molar-refractivity contribution in [2.45, 2.75) is 26.8 Å². The Balaban J connectivity index is 2.04. The molecule has 3 aromatic heterocycles. The second-order valence-electron chi connectivity index (χ2n) is 7.83. The van der Waals surface area contributed by atoms with Crippen molar-refractivity contribution in [2.24, 2.45) is 12.8 Å². The van der Waals surface area contributed by atoms with Crippen molar-refractivity contribution in [1.29, 1.82) is 5.41 Å². The third-order valence-electron chi connectivity index (χ3n) is 5.98. The average molecular weight is 405 g/mol. The van der Waals surface area contributed by atoms with Crippen LogP contribution < -0.4 is 10.6 Å². The van der Waals surface area contributed by atoms with Crippen molar-refractivity contribution in [3.63, 3.8) is 0 Å². The van der Waals surface area contributed by atoms with Crippen LogP contribution in [0.15, 0.2) is 30.5 Å². The molecule has 7 nitrogen and oxygen atoms in total. The Morgan fingerprint density at radius 2 is 2.10 bits per heavy atom. The molecule has 0 amide bonds. The molecular formula is C23H28N6O. The maximum atomic E-state index is 7.40. The van der Waals surface area contributed by atoms with E-state index in [0.717, 1.165) is 28.8 Å². The van der Waals surface area contributed by atoms with Crippen molar-refractivity contribution >= 4 is 28.6 Å². The van der Waals surface area contributed by atoms with Gasteiger partial charge in [0, 0.05) is 48.3 Å². The zero-order valence-corrected chi connectivity index (χ0v) is 17.9. The van der Waals surface area contributed by atoms with E-state index in [1.807, 2.05) is 6.07 Å². The number of aryl methyl sites for hydroxylation is 1. The number of rotatable bonds is 4. The lowest BCUT2D eigenvalue weighted by Crippen LogP contribution is -2.44. The van der Waals surface area contributed by atoms with E-state index in [0.29, 0.717) is 24.6 Å². The molecule has 0 bridgehead atoms. The number of aromatic nitrogens is 3. The van der Waals surface area contributed by atoms with Gasteiger partial charge in [-0.25, -0.2) is 4.98 Å². The first-order chi connectivity index (χ1) is 14.4. The Kier molecular flexibility index (Phi) is 5.30. The summed E-state index contributed by atoms with van der Waals surface area (Å²) in [4.78, 5) is 11.8. The van der Waals surface area contributed by atoms with Gasteiger partial charge >= 0.3 is 0 Å². The van der Waals surface area contributed by atoms with E-state index in [1.165, 1.54) is 23.2 Å². The van der Waals surface area contributed by atoms with Gasteiger partial charge in [0.25, 0.3) is 0 Å². The summed E-state index contributed by atoms with van der Waals surface area (Å²) in [5.41, 5.74) is 12.7. The Morgan fingerprint density at radius 1 is 1.30 bits per heavy atom. The van der Waals surface area contributed by atoms with Gasteiger partial charge in [0.15, 0.2) is 0 Å². The van der Waals surface area contributed by atoms with Crippen LogP contribution >= 0.6 is 0 Å². The predicted octanol–water partition coefficient (Wildman–Crippen LogP) is 3.43. The van der Waals surface area contributed by atoms with Gasteiger partial charge in [-0.2, -0.15) is 0 Å². The molecule has 0 spiro atoms. The minimum atomic E-state index is 0.227.